The van der Waals surface area contributed by atoms with Gasteiger partial charge in [-0.3, -0.25) is 14.4 Å². The Balaban J connectivity index is 1.20. The number of terminal acetylenes is 2. The average Bonchev–Trinajstić information content (AvgIpc) is 3.96. The molecular formula is C38H41N7O7. The molecule has 52 heavy (non-hydrogen) atoms. The van der Waals surface area contributed by atoms with E-state index in [1.165, 1.54) is 19.1 Å². The van der Waals surface area contributed by atoms with Crippen LogP contribution in [0.2, 0.25) is 0 Å². The van der Waals surface area contributed by atoms with Gasteiger partial charge < -0.3 is 40.2 Å². The smallest absolute Gasteiger partial charge is 0.407 e. The van der Waals surface area contributed by atoms with Gasteiger partial charge in [0.2, 0.25) is 17.7 Å². The molecule has 0 bridgehead atoms. The highest BCUT2D eigenvalue weighted by atomic mass is 16.5. The van der Waals surface area contributed by atoms with Crippen molar-refractivity contribution in [2.45, 2.75) is 62.7 Å². The fourth-order valence-electron chi connectivity index (χ4n) is 6.52. The molecule has 0 spiro atoms. The highest BCUT2D eigenvalue weighted by Crippen LogP contribution is 2.33. The number of anilines is 1. The Labute approximate surface area is 302 Å². The number of H-pyrrole nitrogens is 1. The monoisotopic (exact) mass is 707 g/mol. The molecule has 2 aliphatic rings. The van der Waals surface area contributed by atoms with E-state index in [0.717, 1.165) is 28.8 Å². The molecule has 3 aromatic rings. The Morgan fingerprint density at radius 2 is 1.33 bits per heavy atom. The first kappa shape index (κ1) is 37.0. The second kappa shape index (κ2) is 17.1. The van der Waals surface area contributed by atoms with Crippen molar-refractivity contribution in [2.75, 3.05) is 32.6 Å². The van der Waals surface area contributed by atoms with Gasteiger partial charge in [0, 0.05) is 31.6 Å². The second-order valence-electron chi connectivity index (χ2n) is 12.4. The van der Waals surface area contributed by atoms with Crippen LogP contribution in [0.3, 0.4) is 0 Å². The van der Waals surface area contributed by atoms with Crippen LogP contribution in [0.5, 0.6) is 0 Å². The Hall–Kier alpha value is -6.28. The molecule has 2 aromatic carbocycles. The van der Waals surface area contributed by atoms with Crippen LogP contribution in [-0.2, 0) is 23.9 Å². The lowest BCUT2D eigenvalue weighted by molar-refractivity contribution is -0.138. The number of aromatic amines is 1. The molecule has 2 fully saturated rings. The molecular weight excluding hydrogens is 666 g/mol. The average molecular weight is 708 g/mol. The number of rotatable bonds is 11. The quantitative estimate of drug-likeness (QED) is 0.218. The summed E-state index contributed by atoms with van der Waals surface area (Å²) in [4.78, 5) is 74.4. The van der Waals surface area contributed by atoms with E-state index in [-0.39, 0.29) is 30.7 Å². The van der Waals surface area contributed by atoms with Gasteiger partial charge in [-0.25, -0.2) is 14.6 Å². The fourth-order valence-corrected chi connectivity index (χ4v) is 6.52. The minimum Gasteiger partial charge on any atom is -0.453 e. The lowest BCUT2D eigenvalue weighted by atomic mass is 10.0. The Morgan fingerprint density at radius 1 is 0.808 bits per heavy atom. The molecule has 2 saturated heterocycles. The van der Waals surface area contributed by atoms with E-state index >= 15 is 0 Å². The predicted octanol–water partition coefficient (Wildman–Crippen LogP) is 3.83. The molecule has 0 saturated carbocycles. The van der Waals surface area contributed by atoms with E-state index in [0.29, 0.717) is 43.9 Å². The van der Waals surface area contributed by atoms with Crippen molar-refractivity contribution in [3.63, 3.8) is 0 Å². The third kappa shape index (κ3) is 8.53. The van der Waals surface area contributed by atoms with Crippen LogP contribution in [0, 0.1) is 24.7 Å². The van der Waals surface area contributed by atoms with Gasteiger partial charge in [-0.1, -0.05) is 36.4 Å². The number of nitrogens with one attached hydrogen (secondary N) is 4. The van der Waals surface area contributed by atoms with Gasteiger partial charge in [0.1, 0.15) is 23.9 Å². The van der Waals surface area contributed by atoms with Crippen LogP contribution in [-0.4, -0.2) is 95.1 Å². The zero-order valence-corrected chi connectivity index (χ0v) is 29.0. The van der Waals surface area contributed by atoms with Crippen LogP contribution in [0.25, 0.3) is 22.4 Å². The van der Waals surface area contributed by atoms with Crippen molar-refractivity contribution in [1.82, 2.24) is 30.4 Å². The number of ether oxygens (including phenoxy) is 2. The topological polar surface area (TPSA) is 175 Å². The molecule has 4 atom stereocenters. The van der Waals surface area contributed by atoms with E-state index in [4.69, 9.17) is 12.8 Å². The highest BCUT2D eigenvalue weighted by Gasteiger charge is 2.38. The number of amides is 5. The largest absolute Gasteiger partial charge is 0.453 e. The van der Waals surface area contributed by atoms with Crippen molar-refractivity contribution in [2.24, 2.45) is 0 Å². The summed E-state index contributed by atoms with van der Waals surface area (Å²) in [5.41, 5.74) is 4.16. The number of alkyl carbamates (subject to hydrolysis) is 2. The van der Waals surface area contributed by atoms with Crippen LogP contribution < -0.4 is 16.0 Å². The first-order valence-corrected chi connectivity index (χ1v) is 16.9. The van der Waals surface area contributed by atoms with E-state index in [2.05, 4.69) is 47.2 Å². The zero-order chi connectivity index (χ0) is 37.2. The third-order valence-corrected chi connectivity index (χ3v) is 9.16. The Morgan fingerprint density at radius 3 is 1.90 bits per heavy atom. The second-order valence-corrected chi connectivity index (χ2v) is 12.4. The fraction of sp³-hybridized carbons (Fsp3) is 0.368. The molecule has 14 nitrogen and oxygen atoms in total. The molecule has 4 N–H and O–H groups in total. The molecule has 0 radical (unpaired) electrons. The number of carbonyl (C=O) groups is 5. The summed E-state index contributed by atoms with van der Waals surface area (Å²) in [6.45, 7) is 0.890. The standard InChI is InChI=1S/C38H41N7O7/c1-5-9-28(42-37(49)51-3)35(47)44-21-7-11-31(44)33-39-23-30(41-33)26-15-13-24(14-16-26)25-17-19-27(20-18-25)40-34(46)32-12-8-22-45(32)36(48)29(10-6-2)43-38(50)52-4/h1-2,13-20,23,28-29,31-32H,7-12,21-22H2,3-4H3,(H,39,41)(H,40,46)(H,42,49)(H,43,50). The lowest BCUT2D eigenvalue weighted by Crippen LogP contribution is -2.52. The summed E-state index contributed by atoms with van der Waals surface area (Å²) >= 11 is 0. The molecule has 5 rings (SSSR count). The molecule has 5 amide bonds. The number of imidazole rings is 1. The van der Waals surface area contributed by atoms with Gasteiger partial charge >= 0.3 is 12.2 Å². The minimum atomic E-state index is -0.990. The van der Waals surface area contributed by atoms with Gasteiger partial charge in [-0.2, -0.15) is 0 Å². The molecule has 3 heterocycles. The number of nitrogens with zero attached hydrogens (tertiary/aromatic N) is 3. The summed E-state index contributed by atoms with van der Waals surface area (Å²) in [7, 11) is 2.42. The highest BCUT2D eigenvalue weighted by molar-refractivity contribution is 5.99. The number of likely N-dealkylation sites (tertiary alicyclic amines) is 2. The number of carbonyl (C=O) groups excluding carboxylic acids is 5. The summed E-state index contributed by atoms with van der Waals surface area (Å²) in [6, 6.07) is 12.4. The normalized spacial score (nSPS) is 17.6. The van der Waals surface area contributed by atoms with Gasteiger partial charge in [0.15, 0.2) is 0 Å². The van der Waals surface area contributed by atoms with Crippen molar-refractivity contribution in [3.8, 4) is 47.1 Å². The van der Waals surface area contributed by atoms with Gasteiger partial charge in [0.25, 0.3) is 0 Å². The summed E-state index contributed by atoms with van der Waals surface area (Å²) in [5, 5.41) is 7.89. The van der Waals surface area contributed by atoms with Crippen LogP contribution in [0.1, 0.15) is 50.4 Å². The molecule has 14 heteroatoms. The zero-order valence-electron chi connectivity index (χ0n) is 29.0. The van der Waals surface area contributed by atoms with Crippen LogP contribution >= 0.6 is 0 Å². The molecule has 270 valence electrons. The summed E-state index contributed by atoms with van der Waals surface area (Å²) in [6.07, 6.45) is 13.7. The van der Waals surface area contributed by atoms with Crippen LogP contribution in [0.15, 0.2) is 54.7 Å². The number of hydrogen-bond acceptors (Lipinski definition) is 8. The van der Waals surface area contributed by atoms with Gasteiger partial charge in [-0.05, 0) is 54.5 Å². The van der Waals surface area contributed by atoms with Gasteiger partial charge in [-0.15, -0.1) is 24.7 Å². The first-order chi connectivity index (χ1) is 25.2. The number of benzene rings is 2. The van der Waals surface area contributed by atoms with E-state index in [1.807, 2.05) is 36.4 Å². The van der Waals surface area contributed by atoms with E-state index in [1.54, 1.807) is 23.2 Å². The summed E-state index contributed by atoms with van der Waals surface area (Å²) < 4.78 is 9.27. The van der Waals surface area contributed by atoms with E-state index in [9.17, 15) is 24.0 Å². The summed E-state index contributed by atoms with van der Waals surface area (Å²) in [5.74, 6) is 4.45. The maximum absolute atomic E-state index is 13.3. The van der Waals surface area contributed by atoms with Gasteiger partial charge in [0.05, 0.1) is 32.2 Å². The lowest BCUT2D eigenvalue weighted by Gasteiger charge is -2.27. The van der Waals surface area contributed by atoms with Crippen molar-refractivity contribution < 1.29 is 33.4 Å². The maximum atomic E-state index is 13.3. The maximum Gasteiger partial charge on any atom is 0.407 e. The van der Waals surface area contributed by atoms with Crippen molar-refractivity contribution in [3.05, 3.63) is 60.6 Å². The number of methoxy groups -OCH3 is 2. The third-order valence-electron chi connectivity index (χ3n) is 9.16. The SMILES string of the molecule is C#CCC(NC(=O)OC)C(=O)N1CCCC1C(=O)Nc1ccc(-c2ccc(-c3cnc(C4CCCN4C(=O)C(CC#C)NC(=O)OC)[nH]3)cc2)cc1. The first-order valence-electron chi connectivity index (χ1n) is 16.9. The molecule has 1 aromatic heterocycles. The Bertz CT molecular complexity index is 1860. The van der Waals surface area contributed by atoms with Crippen molar-refractivity contribution >= 4 is 35.6 Å². The number of aromatic nitrogens is 2. The molecule has 2 aliphatic heterocycles. The number of hydrogen-bond donors (Lipinski definition) is 4. The minimum absolute atomic E-state index is 0.0287. The molecule has 4 unspecified atom stereocenters. The van der Waals surface area contributed by atoms with Crippen molar-refractivity contribution in [1.29, 1.82) is 0 Å². The predicted molar refractivity (Wildman–Crippen MR) is 192 cm³/mol. The Kier molecular flexibility index (Phi) is 12.2. The molecule has 0 aliphatic carbocycles. The van der Waals surface area contributed by atoms with E-state index < -0.39 is 36.2 Å². The van der Waals surface area contributed by atoms with Crippen LogP contribution in [0.4, 0.5) is 15.3 Å².